The Balaban J connectivity index is 2.09. The Morgan fingerprint density at radius 3 is 2.78 bits per heavy atom. The highest BCUT2D eigenvalue weighted by atomic mass is 35.5. The maximum Gasteiger partial charge on any atom is 0.170 e. The summed E-state index contributed by atoms with van der Waals surface area (Å²) in [7, 11) is 1.87. The van der Waals surface area contributed by atoms with E-state index in [2.05, 4.69) is 10.2 Å². The van der Waals surface area contributed by atoms with Gasteiger partial charge in [0.05, 0.1) is 10.6 Å². The lowest BCUT2D eigenvalue weighted by Gasteiger charge is -2.06. The number of halogens is 1. The molecule has 1 aromatic heterocycles. The topological polar surface area (TPSA) is 63.7 Å². The summed E-state index contributed by atoms with van der Waals surface area (Å²) in [5.74, 6) is 2.15. The predicted molar refractivity (Wildman–Crippen MR) is 66.2 cm³/mol. The van der Waals surface area contributed by atoms with E-state index in [1.54, 1.807) is 18.2 Å². The first-order valence-corrected chi connectivity index (χ1v) is 5.67. The summed E-state index contributed by atoms with van der Waals surface area (Å²) in [5.41, 5.74) is 0.429. The van der Waals surface area contributed by atoms with Gasteiger partial charge in [-0.25, -0.2) is 0 Å². The molecule has 0 aliphatic heterocycles. The molecule has 0 aliphatic carbocycles. The molecule has 1 aromatic carbocycles. The first-order chi connectivity index (χ1) is 8.61. The Morgan fingerprint density at radius 1 is 1.44 bits per heavy atom. The molecule has 0 unspecified atom stereocenters. The molecule has 0 N–H and O–H groups in total. The molecule has 0 radical (unpaired) electrons. The molecule has 0 spiro atoms. The Hall–Kier alpha value is -2.06. The molecule has 0 fully saturated rings. The maximum absolute atomic E-state index is 8.76. The lowest BCUT2D eigenvalue weighted by Crippen LogP contribution is -2.04. The van der Waals surface area contributed by atoms with Crippen LogP contribution in [0.5, 0.6) is 5.75 Å². The van der Waals surface area contributed by atoms with Crippen molar-refractivity contribution in [3.05, 3.63) is 40.4 Å². The Bertz CT molecular complexity index is 615. The van der Waals surface area contributed by atoms with Crippen LogP contribution in [-0.4, -0.2) is 14.8 Å². The molecule has 5 nitrogen and oxygen atoms in total. The van der Waals surface area contributed by atoms with E-state index in [1.165, 1.54) is 0 Å². The normalized spacial score (nSPS) is 10.1. The summed E-state index contributed by atoms with van der Waals surface area (Å²) in [5, 5.41) is 17.1. The van der Waals surface area contributed by atoms with Crippen LogP contribution in [0.25, 0.3) is 0 Å². The van der Waals surface area contributed by atoms with Gasteiger partial charge in [-0.1, -0.05) is 11.6 Å². The van der Waals surface area contributed by atoms with Gasteiger partial charge in [0.25, 0.3) is 0 Å². The lowest BCUT2D eigenvalue weighted by atomic mass is 10.2. The molecular formula is C12H11ClN4O. The van der Waals surface area contributed by atoms with Crippen LogP contribution in [0.4, 0.5) is 0 Å². The van der Waals surface area contributed by atoms with Crippen molar-refractivity contribution in [1.29, 1.82) is 5.26 Å². The second-order valence-corrected chi connectivity index (χ2v) is 4.17. The van der Waals surface area contributed by atoms with Crippen molar-refractivity contribution < 1.29 is 4.74 Å². The van der Waals surface area contributed by atoms with Crippen LogP contribution in [0.2, 0.25) is 5.02 Å². The molecule has 0 saturated carbocycles. The Morgan fingerprint density at radius 2 is 2.22 bits per heavy atom. The highest BCUT2D eigenvalue weighted by molar-refractivity contribution is 6.31. The Kier molecular flexibility index (Phi) is 3.49. The minimum absolute atomic E-state index is 0.305. The van der Waals surface area contributed by atoms with Crippen LogP contribution in [0, 0.1) is 18.3 Å². The number of benzene rings is 1. The number of ether oxygens (including phenoxy) is 1. The summed E-state index contributed by atoms with van der Waals surface area (Å²) in [6.07, 6.45) is 0. The first kappa shape index (κ1) is 12.4. The second-order valence-electron chi connectivity index (χ2n) is 3.76. The number of nitrogens with zero attached hydrogens (tertiary/aromatic N) is 4. The van der Waals surface area contributed by atoms with Crippen LogP contribution in [0.1, 0.15) is 17.2 Å². The van der Waals surface area contributed by atoms with Crippen LogP contribution in [0.3, 0.4) is 0 Å². The maximum atomic E-state index is 8.76. The smallest absolute Gasteiger partial charge is 0.170 e. The van der Waals surface area contributed by atoms with Gasteiger partial charge in [0, 0.05) is 13.1 Å². The van der Waals surface area contributed by atoms with Gasteiger partial charge in [-0.2, -0.15) is 5.26 Å². The molecule has 18 heavy (non-hydrogen) atoms. The lowest BCUT2D eigenvalue weighted by molar-refractivity contribution is 0.291. The number of hydrogen-bond acceptors (Lipinski definition) is 4. The van der Waals surface area contributed by atoms with Crippen molar-refractivity contribution in [1.82, 2.24) is 14.8 Å². The van der Waals surface area contributed by atoms with E-state index >= 15 is 0 Å². The summed E-state index contributed by atoms with van der Waals surface area (Å²) in [6.45, 7) is 2.18. The van der Waals surface area contributed by atoms with E-state index in [-0.39, 0.29) is 0 Å². The molecule has 6 heteroatoms. The van der Waals surface area contributed by atoms with E-state index < -0.39 is 0 Å². The van der Waals surface area contributed by atoms with Crippen LogP contribution in [0.15, 0.2) is 18.2 Å². The van der Waals surface area contributed by atoms with Gasteiger partial charge in [0.1, 0.15) is 24.3 Å². The van der Waals surface area contributed by atoms with Gasteiger partial charge >= 0.3 is 0 Å². The Labute approximate surface area is 110 Å². The quantitative estimate of drug-likeness (QED) is 0.851. The monoisotopic (exact) mass is 262 g/mol. The molecule has 92 valence electrons. The largest absolute Gasteiger partial charge is 0.486 e. The number of hydrogen-bond donors (Lipinski definition) is 0. The summed E-state index contributed by atoms with van der Waals surface area (Å²) in [4.78, 5) is 0. The fraction of sp³-hybridized carbons (Fsp3) is 0.250. The van der Waals surface area contributed by atoms with Crippen molar-refractivity contribution >= 4 is 11.6 Å². The van der Waals surface area contributed by atoms with Crippen LogP contribution in [-0.2, 0) is 13.7 Å². The predicted octanol–water partition coefficient (Wildman–Crippen LogP) is 2.23. The number of aromatic nitrogens is 3. The van der Waals surface area contributed by atoms with Gasteiger partial charge in [-0.3, -0.25) is 0 Å². The van der Waals surface area contributed by atoms with Crippen molar-refractivity contribution in [3.63, 3.8) is 0 Å². The molecular weight excluding hydrogens is 252 g/mol. The highest BCUT2D eigenvalue weighted by Gasteiger charge is 2.07. The van der Waals surface area contributed by atoms with Gasteiger partial charge in [-0.15, -0.1) is 10.2 Å². The van der Waals surface area contributed by atoms with Gasteiger partial charge in [-0.05, 0) is 19.1 Å². The van der Waals surface area contributed by atoms with Crippen molar-refractivity contribution in [2.24, 2.45) is 7.05 Å². The van der Waals surface area contributed by atoms with Crippen molar-refractivity contribution in [2.45, 2.75) is 13.5 Å². The summed E-state index contributed by atoms with van der Waals surface area (Å²) < 4.78 is 7.40. The molecule has 1 heterocycles. The number of rotatable bonds is 3. The number of nitriles is 1. The minimum Gasteiger partial charge on any atom is -0.486 e. The second kappa shape index (κ2) is 5.07. The molecule has 0 amide bonds. The standard InChI is InChI=1S/C12H11ClN4O/c1-8-15-16-12(17(8)2)7-18-10-4-3-9(6-14)11(13)5-10/h3-5H,7H2,1-2H3. The average Bonchev–Trinajstić information content (AvgIpc) is 2.68. The van der Waals surface area contributed by atoms with E-state index in [9.17, 15) is 0 Å². The third-order valence-electron chi connectivity index (χ3n) is 2.61. The molecule has 2 rings (SSSR count). The molecule has 0 saturated heterocycles. The van der Waals surface area contributed by atoms with Crippen molar-refractivity contribution in [3.8, 4) is 11.8 Å². The highest BCUT2D eigenvalue weighted by Crippen LogP contribution is 2.22. The van der Waals surface area contributed by atoms with E-state index in [1.807, 2.05) is 24.6 Å². The van der Waals surface area contributed by atoms with Crippen LogP contribution < -0.4 is 4.74 Å². The molecule has 0 aliphatic rings. The zero-order valence-electron chi connectivity index (χ0n) is 10.0. The van der Waals surface area contributed by atoms with E-state index in [4.69, 9.17) is 21.6 Å². The van der Waals surface area contributed by atoms with E-state index in [0.717, 1.165) is 11.6 Å². The molecule has 0 atom stereocenters. The van der Waals surface area contributed by atoms with Gasteiger partial charge in [0.2, 0.25) is 0 Å². The van der Waals surface area contributed by atoms with Gasteiger partial charge < -0.3 is 9.30 Å². The molecule has 0 bridgehead atoms. The number of aryl methyl sites for hydroxylation is 1. The fourth-order valence-electron chi connectivity index (χ4n) is 1.40. The third-order valence-corrected chi connectivity index (χ3v) is 2.92. The van der Waals surface area contributed by atoms with Crippen molar-refractivity contribution in [2.75, 3.05) is 0 Å². The summed E-state index contributed by atoms with van der Waals surface area (Å²) >= 11 is 5.91. The van der Waals surface area contributed by atoms with Gasteiger partial charge in [0.15, 0.2) is 5.82 Å². The zero-order valence-corrected chi connectivity index (χ0v) is 10.8. The van der Waals surface area contributed by atoms with E-state index in [0.29, 0.717) is 22.9 Å². The average molecular weight is 263 g/mol. The minimum atomic E-state index is 0.305. The zero-order chi connectivity index (χ0) is 13.1. The molecule has 2 aromatic rings. The fourth-order valence-corrected chi connectivity index (χ4v) is 1.61. The van der Waals surface area contributed by atoms with Crippen LogP contribution >= 0.6 is 11.6 Å². The SMILES string of the molecule is Cc1nnc(COc2ccc(C#N)c(Cl)c2)n1C. The third kappa shape index (κ3) is 2.44. The first-order valence-electron chi connectivity index (χ1n) is 5.29. The summed E-state index contributed by atoms with van der Waals surface area (Å²) in [6, 6.07) is 6.94.